The lowest BCUT2D eigenvalue weighted by Gasteiger charge is -2.37. The number of nitrogens with one attached hydrogen (secondary N) is 3. The highest BCUT2D eigenvalue weighted by Gasteiger charge is 2.61. The molecule has 6 aromatic rings. The Balaban J connectivity index is 0.776. The standard InChI is InChI=1S/C60H69Cl2F2N9O6/c1-59(2,3)34-52-60(37-65,46-21-16-41(61)33-48(46)63)53(44-13-10-14-47(62)54(44)64)55(71-52)50(74)32-40-31-39(15-22-51(40)76-6)56(75)66-25-26-77-27-28-78-29-30-79-43-19-17-42(18-20-43)69-58-67-24-23-49(70-58)45-35-68-73(57(45)72(4)5)36-38-11-8-7-9-12-38/h7-16,21-24,31,33,35,42-43,52-53,55,71H,17-20,25-30,32,34,36H2,1-6H3,(H,66,75)(H,67,69,70)/t42?,43?,52-,53-,55?,60-/m0/s1. The van der Waals surface area contributed by atoms with E-state index in [0.717, 1.165) is 48.8 Å². The smallest absolute Gasteiger partial charge is 0.251 e. The molecule has 4 atom stereocenters. The topological polar surface area (TPSA) is 178 Å². The lowest BCUT2D eigenvalue weighted by molar-refractivity contribution is -0.120. The first-order valence-corrected chi connectivity index (χ1v) is 27.4. The summed E-state index contributed by atoms with van der Waals surface area (Å²) in [7, 11) is 5.47. The Bertz CT molecular complexity index is 3090. The van der Waals surface area contributed by atoms with E-state index < -0.39 is 52.2 Å². The summed E-state index contributed by atoms with van der Waals surface area (Å²) >= 11 is 12.5. The van der Waals surface area contributed by atoms with E-state index in [9.17, 15) is 14.9 Å². The number of carbonyl (C=O) groups excluding carboxylic acids is 2. The molecule has 2 aromatic heterocycles. The molecule has 2 aliphatic rings. The van der Waals surface area contributed by atoms with Crippen LogP contribution in [-0.2, 0) is 37.4 Å². The van der Waals surface area contributed by atoms with Crippen LogP contribution in [0.1, 0.15) is 91.4 Å². The molecular formula is C60H69Cl2F2N9O6. The zero-order chi connectivity index (χ0) is 56.3. The van der Waals surface area contributed by atoms with Crippen molar-refractivity contribution in [2.45, 2.75) is 101 Å². The summed E-state index contributed by atoms with van der Waals surface area (Å²) in [4.78, 5) is 39.7. The van der Waals surface area contributed by atoms with E-state index in [-0.39, 0.29) is 58.5 Å². The van der Waals surface area contributed by atoms with Gasteiger partial charge in [0, 0.05) is 73.0 Å². The first kappa shape index (κ1) is 58.6. The number of aromatic nitrogens is 4. The maximum absolute atomic E-state index is 16.2. The third-order valence-electron chi connectivity index (χ3n) is 14.5. The minimum Gasteiger partial charge on any atom is -0.496 e. The van der Waals surface area contributed by atoms with Gasteiger partial charge in [-0.1, -0.05) is 92.5 Å². The fraction of sp³-hybridized carbons (Fsp3) is 0.433. The summed E-state index contributed by atoms with van der Waals surface area (Å²) in [5, 5.41) is 25.6. The second kappa shape index (κ2) is 26.6. The highest BCUT2D eigenvalue weighted by atomic mass is 35.5. The lowest BCUT2D eigenvalue weighted by Crippen LogP contribution is -2.44. The van der Waals surface area contributed by atoms with Crippen molar-refractivity contribution in [1.29, 1.82) is 5.26 Å². The monoisotopic (exact) mass is 1120 g/mol. The Hall–Kier alpha value is -6.52. The molecule has 4 aromatic carbocycles. The third kappa shape index (κ3) is 14.3. The van der Waals surface area contributed by atoms with Crippen molar-refractivity contribution < 1.29 is 37.3 Å². The minimum absolute atomic E-state index is 0.0122. The molecule has 19 heteroatoms. The van der Waals surface area contributed by atoms with Crippen molar-refractivity contribution in [2.75, 3.05) is 71.0 Å². The van der Waals surface area contributed by atoms with Gasteiger partial charge < -0.3 is 39.8 Å². The number of Topliss-reactive ketones (excluding diaryl/α,β-unsaturated/α-hetero) is 1. The third-order valence-corrected chi connectivity index (χ3v) is 15.1. The minimum atomic E-state index is -1.79. The quantitative estimate of drug-likeness (QED) is 0.0488. The molecule has 8 rings (SSSR count). The zero-order valence-electron chi connectivity index (χ0n) is 45.5. The van der Waals surface area contributed by atoms with E-state index in [4.69, 9.17) is 52.2 Å². The average molecular weight is 1120 g/mol. The summed E-state index contributed by atoms with van der Waals surface area (Å²) in [5.41, 5.74) is 1.34. The van der Waals surface area contributed by atoms with E-state index in [0.29, 0.717) is 56.7 Å². The molecule has 0 radical (unpaired) electrons. The van der Waals surface area contributed by atoms with E-state index in [1.165, 1.54) is 43.0 Å². The van der Waals surface area contributed by atoms with Gasteiger partial charge in [-0.2, -0.15) is 10.4 Å². The average Bonchev–Trinajstić information content (AvgIpc) is 3.51. The lowest BCUT2D eigenvalue weighted by atomic mass is 9.62. The Morgan fingerprint density at radius 1 is 0.924 bits per heavy atom. The first-order chi connectivity index (χ1) is 38.0. The molecule has 418 valence electrons. The van der Waals surface area contributed by atoms with E-state index in [1.807, 2.05) is 70.0 Å². The molecule has 1 saturated carbocycles. The molecule has 1 aliphatic carbocycles. The van der Waals surface area contributed by atoms with Gasteiger partial charge in [0.2, 0.25) is 5.95 Å². The zero-order valence-corrected chi connectivity index (χ0v) is 47.1. The molecule has 2 fully saturated rings. The Morgan fingerprint density at radius 2 is 1.67 bits per heavy atom. The molecule has 1 amide bonds. The van der Waals surface area contributed by atoms with Crippen LogP contribution in [0, 0.1) is 28.4 Å². The van der Waals surface area contributed by atoms with Crippen molar-refractivity contribution in [3.63, 3.8) is 0 Å². The molecule has 1 unspecified atom stereocenters. The maximum atomic E-state index is 16.2. The second-order valence-corrected chi connectivity index (χ2v) is 22.4. The number of ketones is 1. The van der Waals surface area contributed by atoms with Crippen molar-refractivity contribution in [2.24, 2.45) is 5.41 Å². The Kier molecular flexibility index (Phi) is 19.8. The molecule has 15 nitrogen and oxygen atoms in total. The number of nitriles is 1. The number of halogens is 4. The molecule has 1 saturated heterocycles. The second-order valence-electron chi connectivity index (χ2n) is 21.5. The first-order valence-electron chi connectivity index (χ1n) is 26.7. The molecule has 0 spiro atoms. The van der Waals surface area contributed by atoms with Gasteiger partial charge in [0.05, 0.1) is 87.4 Å². The number of nitrogens with zero attached hydrogens (tertiary/aromatic N) is 6. The number of carbonyl (C=O) groups is 2. The van der Waals surface area contributed by atoms with E-state index in [2.05, 4.69) is 44.0 Å². The van der Waals surface area contributed by atoms with Gasteiger partial charge in [-0.3, -0.25) is 9.59 Å². The van der Waals surface area contributed by atoms with Crippen LogP contribution >= 0.6 is 23.2 Å². The number of ether oxygens (including phenoxy) is 4. The van der Waals surface area contributed by atoms with Crippen LogP contribution in [0.2, 0.25) is 10.0 Å². The van der Waals surface area contributed by atoms with Crippen LogP contribution in [0.4, 0.5) is 20.5 Å². The van der Waals surface area contributed by atoms with Crippen LogP contribution in [0.3, 0.4) is 0 Å². The fourth-order valence-electron chi connectivity index (χ4n) is 10.9. The largest absolute Gasteiger partial charge is 0.496 e. The van der Waals surface area contributed by atoms with Gasteiger partial charge in [-0.05, 0) is 91.1 Å². The van der Waals surface area contributed by atoms with Gasteiger partial charge in [-0.15, -0.1) is 0 Å². The van der Waals surface area contributed by atoms with Gasteiger partial charge >= 0.3 is 0 Å². The molecule has 79 heavy (non-hydrogen) atoms. The number of methoxy groups -OCH3 is 1. The highest BCUT2D eigenvalue weighted by molar-refractivity contribution is 6.31. The highest BCUT2D eigenvalue weighted by Crippen LogP contribution is 2.53. The number of amides is 1. The van der Waals surface area contributed by atoms with Gasteiger partial charge in [-0.25, -0.2) is 23.4 Å². The summed E-state index contributed by atoms with van der Waals surface area (Å²) < 4.78 is 57.7. The summed E-state index contributed by atoms with van der Waals surface area (Å²) in [5.74, 6) is -1.73. The normalized spacial score (nSPS) is 20.1. The molecular weight excluding hydrogens is 1050 g/mol. The van der Waals surface area contributed by atoms with Gasteiger partial charge in [0.25, 0.3) is 5.91 Å². The molecule has 0 bridgehead atoms. The van der Waals surface area contributed by atoms with Gasteiger partial charge in [0.15, 0.2) is 5.78 Å². The summed E-state index contributed by atoms with van der Waals surface area (Å²) in [6.45, 7) is 8.56. The van der Waals surface area contributed by atoms with Crippen molar-refractivity contribution in [1.82, 2.24) is 30.4 Å². The van der Waals surface area contributed by atoms with Crippen LogP contribution in [-0.4, -0.2) is 116 Å². The van der Waals surface area contributed by atoms with E-state index >= 15 is 8.78 Å². The molecule has 3 heterocycles. The molecule has 1 aliphatic heterocycles. The summed E-state index contributed by atoms with van der Waals surface area (Å²) in [6.07, 6.45) is 7.50. The Labute approximate surface area is 471 Å². The molecule has 3 N–H and O–H groups in total. The van der Waals surface area contributed by atoms with Crippen LogP contribution in [0.15, 0.2) is 103 Å². The van der Waals surface area contributed by atoms with Gasteiger partial charge in [0.1, 0.15) is 28.6 Å². The number of benzene rings is 4. The Morgan fingerprint density at radius 3 is 2.38 bits per heavy atom. The van der Waals surface area contributed by atoms with Crippen LogP contribution in [0.25, 0.3) is 11.3 Å². The predicted octanol–water partition coefficient (Wildman–Crippen LogP) is 10.4. The number of anilines is 2. The number of rotatable bonds is 24. The van der Waals surface area contributed by atoms with Crippen LogP contribution < -0.4 is 25.6 Å². The maximum Gasteiger partial charge on any atom is 0.251 e. The number of hydrogen-bond acceptors (Lipinski definition) is 13. The van der Waals surface area contributed by atoms with Crippen molar-refractivity contribution in [3.05, 3.63) is 153 Å². The predicted molar refractivity (Wildman–Crippen MR) is 302 cm³/mol. The van der Waals surface area contributed by atoms with Crippen LogP contribution in [0.5, 0.6) is 5.75 Å². The SMILES string of the molecule is COc1ccc(C(=O)NCCOCCOCCOC2CCC(Nc3nccc(-c4cnn(Cc5ccccc5)c4N(C)C)n3)CC2)cc1CC(=O)C1N[C@@H](CC(C)(C)C)[C@](C#N)(c2ccc(Cl)cc2F)[C@H]1c1cccc(Cl)c1F. The van der Waals surface area contributed by atoms with Crippen molar-refractivity contribution >= 4 is 46.7 Å². The van der Waals surface area contributed by atoms with Crippen molar-refractivity contribution in [3.8, 4) is 23.1 Å². The van der Waals surface area contributed by atoms with E-state index in [1.54, 1.807) is 24.4 Å². The summed E-state index contributed by atoms with van der Waals surface area (Å²) in [6, 6.07) is 25.9. The number of hydrogen-bond donors (Lipinski definition) is 3. The fourth-order valence-corrected chi connectivity index (χ4v) is 11.3.